The molecule has 4 rings (SSSR count). The van der Waals surface area contributed by atoms with Gasteiger partial charge in [0.1, 0.15) is 0 Å². The van der Waals surface area contributed by atoms with Gasteiger partial charge in [-0.05, 0) is 47.0 Å². The third-order valence-electron chi connectivity index (χ3n) is 5.07. The molecule has 1 unspecified atom stereocenters. The van der Waals surface area contributed by atoms with Gasteiger partial charge in [0.05, 0.1) is 23.6 Å². The van der Waals surface area contributed by atoms with Crippen molar-refractivity contribution in [1.29, 1.82) is 5.26 Å². The Balaban J connectivity index is 1.95. The summed E-state index contributed by atoms with van der Waals surface area (Å²) in [6, 6.07) is 18.9. The van der Waals surface area contributed by atoms with Gasteiger partial charge in [-0.15, -0.1) is 0 Å². The molecular formula is C24H20N6O2S. The second-order valence-corrected chi connectivity index (χ2v) is 9.19. The van der Waals surface area contributed by atoms with Gasteiger partial charge in [-0.25, -0.2) is 18.4 Å². The molecule has 0 radical (unpaired) electrons. The molecule has 1 atom stereocenters. The van der Waals surface area contributed by atoms with E-state index in [1.165, 1.54) is 6.20 Å². The predicted molar refractivity (Wildman–Crippen MR) is 124 cm³/mol. The van der Waals surface area contributed by atoms with Crippen LogP contribution < -0.4 is 4.72 Å². The van der Waals surface area contributed by atoms with Crippen molar-refractivity contribution in [3.8, 4) is 6.07 Å². The van der Waals surface area contributed by atoms with E-state index in [4.69, 9.17) is 0 Å². The van der Waals surface area contributed by atoms with E-state index in [0.29, 0.717) is 11.3 Å². The summed E-state index contributed by atoms with van der Waals surface area (Å²) in [5.74, 6) is -0.662. The number of nitrogens with zero attached hydrogens (tertiary/aromatic N) is 5. The minimum atomic E-state index is -3.56. The number of rotatable bonds is 7. The van der Waals surface area contributed by atoms with Crippen LogP contribution in [0.3, 0.4) is 0 Å². The standard InChI is InChI=1S/C24H20N6O2S/c1-33(31,32)30-24-28-12-9-21(29-24)23(18-6-2-5-17(13-18)14-25)22(19-7-3-10-26-15-19)20-8-4-11-27-16-20/h2-13,15-16,22-23H,1H3,(H,28,29,30). The predicted octanol–water partition coefficient (Wildman–Crippen LogP) is 3.47. The lowest BCUT2D eigenvalue weighted by atomic mass is 9.76. The van der Waals surface area contributed by atoms with Gasteiger partial charge in [-0.1, -0.05) is 24.3 Å². The Hall–Kier alpha value is -4.16. The second-order valence-electron chi connectivity index (χ2n) is 7.44. The second kappa shape index (κ2) is 9.54. The molecule has 0 amide bonds. The Bertz CT molecular complexity index is 1350. The molecule has 4 aromatic rings. The Morgan fingerprint density at radius 1 is 0.879 bits per heavy atom. The molecule has 0 aliphatic heterocycles. The lowest BCUT2D eigenvalue weighted by Gasteiger charge is -2.28. The largest absolute Gasteiger partial charge is 0.264 e. The van der Waals surface area contributed by atoms with Gasteiger partial charge in [0.15, 0.2) is 0 Å². The Morgan fingerprint density at radius 2 is 1.55 bits per heavy atom. The first-order valence-corrected chi connectivity index (χ1v) is 11.9. The maximum Gasteiger partial charge on any atom is 0.236 e. The maximum atomic E-state index is 11.8. The number of benzene rings is 1. The van der Waals surface area contributed by atoms with E-state index in [0.717, 1.165) is 22.9 Å². The summed E-state index contributed by atoms with van der Waals surface area (Å²) < 4.78 is 25.9. The molecule has 0 spiro atoms. The van der Waals surface area contributed by atoms with Gasteiger partial charge >= 0.3 is 0 Å². The molecule has 3 heterocycles. The molecule has 9 heteroatoms. The molecule has 33 heavy (non-hydrogen) atoms. The first kappa shape index (κ1) is 22.0. The molecule has 1 N–H and O–H groups in total. The summed E-state index contributed by atoms with van der Waals surface area (Å²) in [7, 11) is -3.56. The number of hydrogen-bond acceptors (Lipinski definition) is 7. The van der Waals surface area contributed by atoms with Gasteiger partial charge in [0.2, 0.25) is 16.0 Å². The highest BCUT2D eigenvalue weighted by Crippen LogP contribution is 2.42. The molecule has 0 fully saturated rings. The van der Waals surface area contributed by atoms with Gasteiger partial charge < -0.3 is 0 Å². The van der Waals surface area contributed by atoms with E-state index < -0.39 is 10.0 Å². The van der Waals surface area contributed by atoms with Crippen molar-refractivity contribution in [2.24, 2.45) is 0 Å². The van der Waals surface area contributed by atoms with Crippen molar-refractivity contribution in [3.05, 3.63) is 114 Å². The molecule has 0 aliphatic carbocycles. The topological polar surface area (TPSA) is 122 Å². The summed E-state index contributed by atoms with van der Waals surface area (Å²) in [5, 5.41) is 9.49. The van der Waals surface area contributed by atoms with Crippen LogP contribution in [0.5, 0.6) is 0 Å². The SMILES string of the molecule is CS(=O)(=O)Nc1nccc(C(c2cccc(C#N)c2)C(c2cccnc2)c2cccnc2)n1. The molecule has 3 aromatic heterocycles. The van der Waals surface area contributed by atoms with Crippen LogP contribution >= 0.6 is 0 Å². The summed E-state index contributed by atoms with van der Waals surface area (Å²) >= 11 is 0. The molecule has 0 aliphatic rings. The number of nitrogens with one attached hydrogen (secondary N) is 1. The summed E-state index contributed by atoms with van der Waals surface area (Å²) in [4.78, 5) is 17.2. The zero-order valence-corrected chi connectivity index (χ0v) is 18.5. The molecule has 0 bridgehead atoms. The van der Waals surface area contributed by atoms with Crippen LogP contribution in [0, 0.1) is 11.3 Å². The first-order chi connectivity index (χ1) is 15.9. The van der Waals surface area contributed by atoms with Crippen LogP contribution in [-0.4, -0.2) is 34.6 Å². The van der Waals surface area contributed by atoms with E-state index >= 15 is 0 Å². The Kier molecular flexibility index (Phi) is 6.38. The van der Waals surface area contributed by atoms with Crippen LogP contribution in [0.1, 0.15) is 39.8 Å². The summed E-state index contributed by atoms with van der Waals surface area (Å²) in [6.07, 6.45) is 9.54. The zero-order chi connectivity index (χ0) is 23.3. The number of nitriles is 1. The average molecular weight is 457 g/mol. The van der Waals surface area contributed by atoms with Gasteiger partial charge in [-0.2, -0.15) is 5.26 Å². The Morgan fingerprint density at radius 3 is 2.12 bits per heavy atom. The van der Waals surface area contributed by atoms with E-state index in [-0.39, 0.29) is 17.8 Å². The van der Waals surface area contributed by atoms with Crippen LogP contribution in [0.25, 0.3) is 0 Å². The first-order valence-electron chi connectivity index (χ1n) is 10.1. The molecular weight excluding hydrogens is 436 g/mol. The minimum absolute atomic E-state index is 0.0208. The van der Waals surface area contributed by atoms with E-state index in [9.17, 15) is 13.7 Å². The molecule has 0 saturated heterocycles. The normalized spacial score (nSPS) is 12.2. The van der Waals surface area contributed by atoms with Crippen molar-refractivity contribution in [2.45, 2.75) is 11.8 Å². The van der Waals surface area contributed by atoms with E-state index in [1.807, 2.05) is 42.5 Å². The molecule has 0 saturated carbocycles. The lowest BCUT2D eigenvalue weighted by Crippen LogP contribution is -2.18. The number of hydrogen-bond donors (Lipinski definition) is 1. The van der Waals surface area contributed by atoms with E-state index in [2.05, 4.69) is 30.7 Å². The monoisotopic (exact) mass is 456 g/mol. The highest BCUT2D eigenvalue weighted by Gasteiger charge is 2.30. The molecule has 1 aromatic carbocycles. The van der Waals surface area contributed by atoms with Crippen LogP contribution in [0.15, 0.2) is 85.6 Å². The van der Waals surface area contributed by atoms with Crippen molar-refractivity contribution in [1.82, 2.24) is 19.9 Å². The van der Waals surface area contributed by atoms with Crippen LogP contribution in [0.4, 0.5) is 5.95 Å². The highest BCUT2D eigenvalue weighted by molar-refractivity contribution is 7.91. The number of sulfonamides is 1. The fraction of sp³-hybridized carbons (Fsp3) is 0.125. The third kappa shape index (κ3) is 5.37. The quantitative estimate of drug-likeness (QED) is 0.452. The Labute approximate surface area is 192 Å². The van der Waals surface area contributed by atoms with Crippen molar-refractivity contribution in [3.63, 3.8) is 0 Å². The van der Waals surface area contributed by atoms with Gasteiger partial charge in [0.25, 0.3) is 0 Å². The number of anilines is 1. The number of pyridine rings is 2. The van der Waals surface area contributed by atoms with Crippen molar-refractivity contribution < 1.29 is 8.42 Å². The molecule has 164 valence electrons. The van der Waals surface area contributed by atoms with Crippen molar-refractivity contribution >= 4 is 16.0 Å². The van der Waals surface area contributed by atoms with Crippen LogP contribution in [0.2, 0.25) is 0 Å². The fourth-order valence-corrected chi connectivity index (χ4v) is 4.22. The van der Waals surface area contributed by atoms with Gasteiger partial charge in [-0.3, -0.25) is 14.7 Å². The third-order valence-corrected chi connectivity index (χ3v) is 5.62. The average Bonchev–Trinajstić information content (AvgIpc) is 2.82. The lowest BCUT2D eigenvalue weighted by molar-refractivity contribution is 0.606. The summed E-state index contributed by atoms with van der Waals surface area (Å²) in [5.41, 5.74) is 3.79. The smallest absolute Gasteiger partial charge is 0.236 e. The number of aromatic nitrogens is 4. The maximum absolute atomic E-state index is 11.8. The molecule has 8 nitrogen and oxygen atoms in total. The zero-order valence-electron chi connectivity index (χ0n) is 17.7. The van der Waals surface area contributed by atoms with Gasteiger partial charge in [0, 0.05) is 42.8 Å². The summed E-state index contributed by atoms with van der Waals surface area (Å²) in [6.45, 7) is 0. The van der Waals surface area contributed by atoms with Crippen molar-refractivity contribution in [2.75, 3.05) is 11.0 Å². The van der Waals surface area contributed by atoms with Crippen LogP contribution in [-0.2, 0) is 10.0 Å². The highest BCUT2D eigenvalue weighted by atomic mass is 32.2. The minimum Gasteiger partial charge on any atom is -0.264 e. The fourth-order valence-electron chi connectivity index (χ4n) is 3.79. The van der Waals surface area contributed by atoms with E-state index in [1.54, 1.807) is 36.9 Å².